The van der Waals surface area contributed by atoms with E-state index in [1.807, 2.05) is 31.2 Å². The summed E-state index contributed by atoms with van der Waals surface area (Å²) in [5.74, 6) is -2.23. The zero-order valence-electron chi connectivity index (χ0n) is 10.3. The van der Waals surface area contributed by atoms with Gasteiger partial charge < -0.3 is 5.11 Å². The molecule has 0 amide bonds. The van der Waals surface area contributed by atoms with Crippen molar-refractivity contribution in [2.24, 2.45) is 5.92 Å². The number of sulfone groups is 1. The van der Waals surface area contributed by atoms with Gasteiger partial charge in [0.1, 0.15) is 0 Å². The van der Waals surface area contributed by atoms with Gasteiger partial charge >= 0.3 is 5.97 Å². The average molecular weight is 268 g/mol. The molecule has 1 saturated carbocycles. The summed E-state index contributed by atoms with van der Waals surface area (Å²) in [5, 5.41) is 8.28. The van der Waals surface area contributed by atoms with Gasteiger partial charge in [0.2, 0.25) is 0 Å². The number of hydrogen-bond acceptors (Lipinski definition) is 3. The summed E-state index contributed by atoms with van der Waals surface area (Å²) in [4.78, 5) is 11.1. The van der Waals surface area contributed by atoms with Crippen LogP contribution in [0, 0.1) is 5.92 Å². The number of aliphatic carboxylic acids is 1. The van der Waals surface area contributed by atoms with Crippen LogP contribution >= 0.6 is 0 Å². The molecular formula is C13H16O4S. The van der Waals surface area contributed by atoms with E-state index in [2.05, 4.69) is 0 Å². The highest BCUT2D eigenvalue weighted by Gasteiger charge is 2.61. The van der Waals surface area contributed by atoms with Crippen LogP contribution in [0.5, 0.6) is 0 Å². The molecule has 1 aromatic carbocycles. The second-order valence-electron chi connectivity index (χ2n) is 4.78. The molecule has 0 bridgehead atoms. The van der Waals surface area contributed by atoms with Gasteiger partial charge in [-0.2, -0.15) is 0 Å². The summed E-state index contributed by atoms with van der Waals surface area (Å²) in [6.45, 7) is 2.03. The maximum atomic E-state index is 11.6. The fourth-order valence-electron chi connectivity index (χ4n) is 2.48. The lowest BCUT2D eigenvalue weighted by Crippen LogP contribution is -2.10. The maximum Gasteiger partial charge on any atom is 0.308 e. The summed E-state index contributed by atoms with van der Waals surface area (Å²) in [5.41, 5.74) is 1.96. The van der Waals surface area contributed by atoms with E-state index >= 15 is 0 Å². The van der Waals surface area contributed by atoms with Crippen LogP contribution in [-0.4, -0.2) is 31.0 Å². The van der Waals surface area contributed by atoms with Crippen LogP contribution in [-0.2, 0) is 21.1 Å². The van der Waals surface area contributed by atoms with Crippen LogP contribution < -0.4 is 0 Å². The molecule has 0 aliphatic heterocycles. The molecule has 4 nitrogen and oxygen atoms in total. The van der Waals surface area contributed by atoms with Gasteiger partial charge in [0.05, 0.1) is 11.2 Å². The lowest BCUT2D eigenvalue weighted by atomic mass is 10.1. The maximum absolute atomic E-state index is 11.6. The van der Waals surface area contributed by atoms with E-state index in [0.717, 1.165) is 23.8 Å². The van der Waals surface area contributed by atoms with Crippen molar-refractivity contribution >= 4 is 15.8 Å². The molecule has 0 saturated heterocycles. The van der Waals surface area contributed by atoms with Crippen LogP contribution in [0.1, 0.15) is 24.0 Å². The highest BCUT2D eigenvalue weighted by atomic mass is 32.2. The first-order valence-corrected chi connectivity index (χ1v) is 7.82. The Bertz CT molecular complexity index is 559. The Balaban J connectivity index is 2.30. The molecule has 1 aliphatic rings. The first-order valence-electron chi connectivity index (χ1n) is 5.86. The van der Waals surface area contributed by atoms with Crippen molar-refractivity contribution < 1.29 is 18.3 Å². The smallest absolute Gasteiger partial charge is 0.308 e. The predicted octanol–water partition coefficient (Wildman–Crippen LogP) is 1.46. The molecule has 5 heteroatoms. The van der Waals surface area contributed by atoms with Gasteiger partial charge in [0, 0.05) is 12.2 Å². The zero-order chi connectivity index (χ0) is 13.5. The third kappa shape index (κ3) is 2.27. The molecule has 2 rings (SSSR count). The standard InChI is InChI=1S/C13H16O4S/c1-3-8-4-6-9(7-5-8)10-11(13(14)15)12(10)18(2,16)17/h4-7,10-12H,3H2,1-2H3,(H,14,15)/t10-,11+,12-/m1/s1. The fourth-order valence-corrected chi connectivity index (χ4v) is 4.07. The number of aryl methyl sites for hydroxylation is 1. The number of carbonyl (C=O) groups is 1. The molecule has 0 aromatic heterocycles. The molecule has 1 aromatic rings. The minimum absolute atomic E-state index is 0.400. The SMILES string of the molecule is CCc1ccc([C@@H]2[C@H](C(=O)O)[C@@H]2S(C)(=O)=O)cc1. The summed E-state index contributed by atoms with van der Waals surface area (Å²) in [7, 11) is -3.32. The van der Waals surface area contributed by atoms with Crippen molar-refractivity contribution in [2.75, 3.05) is 6.26 Å². The van der Waals surface area contributed by atoms with E-state index < -0.39 is 32.9 Å². The Morgan fingerprint density at radius 2 is 1.83 bits per heavy atom. The predicted molar refractivity (Wildman–Crippen MR) is 68.3 cm³/mol. The van der Waals surface area contributed by atoms with Crippen LogP contribution in [0.3, 0.4) is 0 Å². The number of carboxylic acids is 1. The van der Waals surface area contributed by atoms with Crippen molar-refractivity contribution in [3.63, 3.8) is 0 Å². The second kappa shape index (κ2) is 4.39. The lowest BCUT2D eigenvalue weighted by molar-refractivity contribution is -0.138. The molecule has 1 N–H and O–H groups in total. The van der Waals surface area contributed by atoms with E-state index in [9.17, 15) is 13.2 Å². The molecule has 0 spiro atoms. The van der Waals surface area contributed by atoms with Crippen molar-refractivity contribution in [3.8, 4) is 0 Å². The molecule has 0 unspecified atom stereocenters. The van der Waals surface area contributed by atoms with E-state index in [1.165, 1.54) is 0 Å². The van der Waals surface area contributed by atoms with Gasteiger partial charge in [0.25, 0.3) is 0 Å². The number of benzene rings is 1. The van der Waals surface area contributed by atoms with Crippen molar-refractivity contribution in [3.05, 3.63) is 35.4 Å². The Labute approximate surface area is 107 Å². The van der Waals surface area contributed by atoms with E-state index in [1.54, 1.807) is 0 Å². The molecule has 18 heavy (non-hydrogen) atoms. The largest absolute Gasteiger partial charge is 0.481 e. The van der Waals surface area contributed by atoms with Gasteiger partial charge in [0.15, 0.2) is 9.84 Å². The van der Waals surface area contributed by atoms with Gasteiger partial charge in [-0.05, 0) is 17.5 Å². The van der Waals surface area contributed by atoms with Crippen LogP contribution in [0.25, 0.3) is 0 Å². The summed E-state index contributed by atoms with van der Waals surface area (Å²) < 4.78 is 23.1. The quantitative estimate of drug-likeness (QED) is 0.897. The van der Waals surface area contributed by atoms with Crippen molar-refractivity contribution in [1.82, 2.24) is 0 Å². The second-order valence-corrected chi connectivity index (χ2v) is 6.98. The van der Waals surface area contributed by atoms with Gasteiger partial charge in [-0.1, -0.05) is 31.2 Å². The van der Waals surface area contributed by atoms with Crippen molar-refractivity contribution in [2.45, 2.75) is 24.5 Å². The monoisotopic (exact) mass is 268 g/mol. The third-order valence-electron chi connectivity index (χ3n) is 3.51. The molecular weight excluding hydrogens is 252 g/mol. The Morgan fingerprint density at radius 1 is 1.28 bits per heavy atom. The number of carboxylic acid groups (broad SMARTS) is 1. The average Bonchev–Trinajstić information content (AvgIpc) is 3.04. The number of rotatable bonds is 4. The van der Waals surface area contributed by atoms with Crippen LogP contribution in [0.4, 0.5) is 0 Å². The minimum atomic E-state index is -3.32. The van der Waals surface area contributed by atoms with E-state index in [0.29, 0.717) is 0 Å². The normalized spacial score (nSPS) is 26.9. The first-order chi connectivity index (χ1) is 8.36. The zero-order valence-corrected chi connectivity index (χ0v) is 11.1. The molecule has 0 radical (unpaired) electrons. The third-order valence-corrected chi connectivity index (χ3v) is 5.08. The Morgan fingerprint density at radius 3 is 2.17 bits per heavy atom. The van der Waals surface area contributed by atoms with Gasteiger partial charge in [-0.3, -0.25) is 4.79 Å². The van der Waals surface area contributed by atoms with Gasteiger partial charge in [-0.25, -0.2) is 8.42 Å². The Hall–Kier alpha value is -1.36. The van der Waals surface area contributed by atoms with Crippen LogP contribution in [0.2, 0.25) is 0 Å². The summed E-state index contributed by atoms with van der Waals surface area (Å²) in [6, 6.07) is 7.52. The highest BCUT2D eigenvalue weighted by molar-refractivity contribution is 7.91. The topological polar surface area (TPSA) is 71.4 Å². The number of hydrogen-bond donors (Lipinski definition) is 1. The van der Waals surface area contributed by atoms with E-state index in [4.69, 9.17) is 5.11 Å². The summed E-state index contributed by atoms with van der Waals surface area (Å²) in [6.07, 6.45) is 2.01. The van der Waals surface area contributed by atoms with Gasteiger partial charge in [-0.15, -0.1) is 0 Å². The minimum Gasteiger partial charge on any atom is -0.481 e. The molecule has 3 atom stereocenters. The van der Waals surface area contributed by atoms with Crippen LogP contribution in [0.15, 0.2) is 24.3 Å². The summed E-state index contributed by atoms with van der Waals surface area (Å²) >= 11 is 0. The molecule has 0 heterocycles. The fraction of sp³-hybridized carbons (Fsp3) is 0.462. The van der Waals surface area contributed by atoms with Crippen molar-refractivity contribution in [1.29, 1.82) is 0 Å². The molecule has 1 fully saturated rings. The Kier molecular flexibility index (Phi) is 3.19. The molecule has 98 valence electrons. The lowest BCUT2D eigenvalue weighted by Gasteiger charge is -2.01. The first kappa shape index (κ1) is 13.1. The van der Waals surface area contributed by atoms with E-state index in [-0.39, 0.29) is 0 Å². The highest BCUT2D eigenvalue weighted by Crippen LogP contribution is 2.52. The molecule has 1 aliphatic carbocycles.